The maximum Gasteiger partial charge on any atom is 0.145 e. The average Bonchev–Trinajstić information content (AvgIpc) is 3.00. The summed E-state index contributed by atoms with van der Waals surface area (Å²) in [5.74, 6) is 1.78. The van der Waals surface area contributed by atoms with E-state index in [4.69, 9.17) is 37.9 Å². The van der Waals surface area contributed by atoms with Crippen molar-refractivity contribution in [2.24, 2.45) is 0 Å². The molecule has 0 radical (unpaired) electrons. The molecule has 0 aliphatic carbocycles. The Labute approximate surface area is 252 Å². The fraction of sp³-hybridized carbons (Fsp3) is 0.375. The van der Waals surface area contributed by atoms with Crippen LogP contribution < -0.4 is 5.32 Å². The molecule has 2 aliphatic heterocycles. The van der Waals surface area contributed by atoms with E-state index in [0.717, 1.165) is 105 Å². The number of nitrogens with zero attached hydrogens (tertiary/aromatic N) is 5. The molecule has 3 aromatic carbocycles. The lowest BCUT2D eigenvalue weighted by Gasteiger charge is -2.39. The summed E-state index contributed by atoms with van der Waals surface area (Å²) in [6.07, 6.45) is 0. The van der Waals surface area contributed by atoms with E-state index < -0.39 is 0 Å². The van der Waals surface area contributed by atoms with Crippen LogP contribution in [-0.2, 0) is 11.3 Å². The molecule has 4 aromatic rings. The molecule has 2 aliphatic rings. The quantitative estimate of drug-likeness (QED) is 0.273. The van der Waals surface area contributed by atoms with Gasteiger partial charge in [0.1, 0.15) is 11.6 Å². The highest BCUT2D eigenvalue weighted by Gasteiger charge is 2.27. The van der Waals surface area contributed by atoms with Gasteiger partial charge < -0.3 is 10.1 Å². The average molecular weight is 592 g/mol. The van der Waals surface area contributed by atoms with Crippen LogP contribution in [-0.4, -0.2) is 90.2 Å². The summed E-state index contributed by atoms with van der Waals surface area (Å²) in [6.45, 7) is 9.90. The van der Waals surface area contributed by atoms with Gasteiger partial charge in [0, 0.05) is 67.8 Å². The first kappa shape index (κ1) is 28.3. The molecule has 41 heavy (non-hydrogen) atoms. The first-order valence-electron chi connectivity index (χ1n) is 14.4. The number of fused-ring (bicyclic) bond motifs is 1. The summed E-state index contributed by atoms with van der Waals surface area (Å²) in [5.41, 5.74) is 3.45. The van der Waals surface area contributed by atoms with E-state index in [0.29, 0.717) is 0 Å². The molecule has 0 saturated carbocycles. The maximum atomic E-state index is 6.22. The molecule has 9 heteroatoms. The second-order valence-electron chi connectivity index (χ2n) is 10.7. The van der Waals surface area contributed by atoms with Crippen molar-refractivity contribution in [1.82, 2.24) is 24.7 Å². The minimum atomic E-state index is 0.144. The number of hydrogen-bond donors (Lipinski definition) is 1. The molecule has 1 aromatic heterocycles. The van der Waals surface area contributed by atoms with Gasteiger partial charge in [0.15, 0.2) is 0 Å². The van der Waals surface area contributed by atoms with Crippen molar-refractivity contribution in [2.45, 2.75) is 12.6 Å². The van der Waals surface area contributed by atoms with Crippen LogP contribution in [0, 0.1) is 0 Å². The smallest absolute Gasteiger partial charge is 0.145 e. The number of anilines is 1. The van der Waals surface area contributed by atoms with Crippen LogP contribution in [0.1, 0.15) is 23.0 Å². The summed E-state index contributed by atoms with van der Waals surface area (Å²) in [6, 6.07) is 24.8. The Morgan fingerprint density at radius 3 is 2.02 bits per heavy atom. The summed E-state index contributed by atoms with van der Waals surface area (Å²) >= 11 is 12.4. The van der Waals surface area contributed by atoms with Gasteiger partial charge in [-0.05, 0) is 47.5 Å². The summed E-state index contributed by atoms with van der Waals surface area (Å²) in [7, 11) is 0. The van der Waals surface area contributed by atoms with Gasteiger partial charge in [-0.2, -0.15) is 0 Å². The first-order chi connectivity index (χ1) is 20.1. The lowest BCUT2D eigenvalue weighted by atomic mass is 9.96. The number of piperazine rings is 1. The lowest BCUT2D eigenvalue weighted by Crippen LogP contribution is -2.47. The topological polar surface area (TPSA) is 56.8 Å². The van der Waals surface area contributed by atoms with E-state index in [1.54, 1.807) is 0 Å². The van der Waals surface area contributed by atoms with Crippen molar-refractivity contribution in [3.8, 4) is 0 Å². The Morgan fingerprint density at radius 2 is 1.37 bits per heavy atom. The number of morpholine rings is 1. The third-order valence-electron chi connectivity index (χ3n) is 7.98. The zero-order valence-electron chi connectivity index (χ0n) is 23.2. The lowest BCUT2D eigenvalue weighted by molar-refractivity contribution is 0.0398. The van der Waals surface area contributed by atoms with Crippen molar-refractivity contribution < 1.29 is 4.74 Å². The van der Waals surface area contributed by atoms with E-state index in [-0.39, 0.29) is 6.04 Å². The van der Waals surface area contributed by atoms with Gasteiger partial charge in [0.05, 0.1) is 31.3 Å². The van der Waals surface area contributed by atoms with Crippen molar-refractivity contribution in [3.05, 3.63) is 99.8 Å². The fourth-order valence-corrected chi connectivity index (χ4v) is 6.02. The van der Waals surface area contributed by atoms with Gasteiger partial charge in [-0.15, -0.1) is 0 Å². The van der Waals surface area contributed by atoms with Gasteiger partial charge in [0.25, 0.3) is 0 Å². The highest BCUT2D eigenvalue weighted by atomic mass is 35.5. The van der Waals surface area contributed by atoms with E-state index >= 15 is 0 Å². The molecule has 2 saturated heterocycles. The third kappa shape index (κ3) is 7.17. The van der Waals surface area contributed by atoms with Gasteiger partial charge >= 0.3 is 0 Å². The number of hydrogen-bond acceptors (Lipinski definition) is 7. The zero-order chi connectivity index (χ0) is 28.0. The molecule has 0 bridgehead atoms. The number of nitrogens with one attached hydrogen (secondary N) is 1. The largest absolute Gasteiger partial charge is 0.379 e. The molecular weight excluding hydrogens is 555 g/mol. The zero-order valence-corrected chi connectivity index (χ0v) is 24.7. The standard InChI is InChI=1S/C32H36Cl2N6O/c33-26-9-5-24(6-10-26)31(25-7-11-27(34)12-8-25)40-17-15-39(16-18-40)23-30-36-29-4-2-1-3-28(29)32(37-30)35-13-14-38-19-21-41-22-20-38/h1-12,31H,13-23H2,(H,35,36,37). The molecule has 1 N–H and O–H groups in total. The predicted octanol–water partition coefficient (Wildman–Crippen LogP) is 5.59. The number of benzene rings is 3. The number of halogens is 2. The van der Waals surface area contributed by atoms with Crippen LogP contribution in [0.25, 0.3) is 10.9 Å². The minimum absolute atomic E-state index is 0.144. The molecule has 0 spiro atoms. The molecule has 0 amide bonds. The highest BCUT2D eigenvalue weighted by molar-refractivity contribution is 6.30. The molecular formula is C32H36Cl2N6O. The van der Waals surface area contributed by atoms with E-state index in [1.165, 1.54) is 11.1 Å². The van der Waals surface area contributed by atoms with Crippen molar-refractivity contribution in [2.75, 3.05) is 70.9 Å². The normalized spacial score (nSPS) is 17.3. The van der Waals surface area contributed by atoms with E-state index in [9.17, 15) is 0 Å². The Hall–Kier alpha value is -2.78. The Balaban J connectivity index is 1.13. The maximum absolute atomic E-state index is 6.22. The van der Waals surface area contributed by atoms with Crippen LogP contribution in [0.3, 0.4) is 0 Å². The molecule has 2 fully saturated rings. The number of aromatic nitrogens is 2. The molecule has 6 rings (SSSR count). The van der Waals surface area contributed by atoms with Crippen LogP contribution in [0.2, 0.25) is 10.0 Å². The second-order valence-corrected chi connectivity index (χ2v) is 11.6. The molecule has 0 atom stereocenters. The number of ether oxygens (including phenoxy) is 1. The van der Waals surface area contributed by atoms with Crippen LogP contribution in [0.15, 0.2) is 72.8 Å². The highest BCUT2D eigenvalue weighted by Crippen LogP contribution is 2.31. The monoisotopic (exact) mass is 590 g/mol. The van der Waals surface area contributed by atoms with Crippen LogP contribution >= 0.6 is 23.2 Å². The number of para-hydroxylation sites is 1. The van der Waals surface area contributed by atoms with Crippen LogP contribution in [0.4, 0.5) is 5.82 Å². The van der Waals surface area contributed by atoms with Gasteiger partial charge in [-0.25, -0.2) is 9.97 Å². The second kappa shape index (κ2) is 13.5. The molecule has 214 valence electrons. The van der Waals surface area contributed by atoms with Crippen molar-refractivity contribution in [3.63, 3.8) is 0 Å². The molecule has 7 nitrogen and oxygen atoms in total. The Morgan fingerprint density at radius 1 is 0.732 bits per heavy atom. The summed E-state index contributed by atoms with van der Waals surface area (Å²) < 4.78 is 5.48. The Bertz CT molecular complexity index is 1380. The first-order valence-corrected chi connectivity index (χ1v) is 15.1. The molecule has 3 heterocycles. The summed E-state index contributed by atoms with van der Waals surface area (Å²) in [5, 5.41) is 6.16. The van der Waals surface area contributed by atoms with Crippen molar-refractivity contribution in [1.29, 1.82) is 0 Å². The van der Waals surface area contributed by atoms with Crippen molar-refractivity contribution >= 4 is 39.9 Å². The van der Waals surface area contributed by atoms with Crippen LogP contribution in [0.5, 0.6) is 0 Å². The SMILES string of the molecule is Clc1ccc(C(c2ccc(Cl)cc2)N2CCN(Cc3nc(NCCN4CCOCC4)c4ccccc4n3)CC2)cc1. The number of rotatable bonds is 9. The van der Waals surface area contributed by atoms with Gasteiger partial charge in [0.2, 0.25) is 0 Å². The summed E-state index contributed by atoms with van der Waals surface area (Å²) in [4.78, 5) is 17.4. The van der Waals surface area contributed by atoms with Gasteiger partial charge in [-0.1, -0.05) is 59.6 Å². The van der Waals surface area contributed by atoms with E-state index in [2.05, 4.69) is 62.5 Å². The van der Waals surface area contributed by atoms with Gasteiger partial charge in [-0.3, -0.25) is 14.7 Å². The predicted molar refractivity (Wildman–Crippen MR) is 167 cm³/mol. The molecule has 0 unspecified atom stereocenters. The fourth-order valence-electron chi connectivity index (χ4n) is 5.77. The van der Waals surface area contributed by atoms with E-state index in [1.807, 2.05) is 30.3 Å². The minimum Gasteiger partial charge on any atom is -0.379 e. The Kier molecular flexibility index (Phi) is 9.31. The third-order valence-corrected chi connectivity index (χ3v) is 8.49.